The van der Waals surface area contributed by atoms with Gasteiger partial charge in [0.2, 0.25) is 11.8 Å². The van der Waals surface area contributed by atoms with Gasteiger partial charge in [-0.15, -0.1) is 0 Å². The van der Waals surface area contributed by atoms with Crippen molar-refractivity contribution in [2.24, 2.45) is 5.92 Å². The third-order valence-electron chi connectivity index (χ3n) is 3.40. The van der Waals surface area contributed by atoms with Crippen LogP contribution >= 0.6 is 0 Å². The van der Waals surface area contributed by atoms with Crippen LogP contribution in [0.3, 0.4) is 0 Å². The normalized spacial score (nSPS) is 18.4. The molecule has 6 heteroatoms. The van der Waals surface area contributed by atoms with Crippen LogP contribution in [0.5, 0.6) is 5.88 Å². The highest BCUT2D eigenvalue weighted by Gasteiger charge is 2.28. The fraction of sp³-hybridized carbons (Fsp3) is 0.667. The molecule has 1 saturated heterocycles. The number of hydrogen-bond donors (Lipinski definition) is 0. The van der Waals surface area contributed by atoms with E-state index in [-0.39, 0.29) is 11.9 Å². The van der Waals surface area contributed by atoms with Crippen molar-refractivity contribution in [2.45, 2.75) is 33.1 Å². The van der Waals surface area contributed by atoms with Crippen molar-refractivity contribution in [3.05, 3.63) is 12.3 Å². The van der Waals surface area contributed by atoms with Gasteiger partial charge in [-0.05, 0) is 26.2 Å². The van der Waals surface area contributed by atoms with E-state index in [0.717, 1.165) is 25.8 Å². The lowest BCUT2D eigenvalue weighted by atomic mass is 9.98. The molecule has 0 saturated carbocycles. The average molecular weight is 293 g/mol. The van der Waals surface area contributed by atoms with Crippen molar-refractivity contribution >= 4 is 11.9 Å². The fourth-order valence-corrected chi connectivity index (χ4v) is 2.38. The molecule has 1 fully saturated rings. The zero-order valence-electron chi connectivity index (χ0n) is 12.7. The first-order valence-electron chi connectivity index (χ1n) is 7.62. The summed E-state index contributed by atoms with van der Waals surface area (Å²) in [5, 5.41) is 0. The Labute approximate surface area is 125 Å². The zero-order valence-corrected chi connectivity index (χ0v) is 12.7. The standard InChI is InChI=1S/C15H23N3O3/c1-3-10-21-13-7-8-16-15(17-13)18-9-5-6-12(11-18)14(19)20-4-2/h7-8,12H,3-6,9-11H2,1-2H3. The second-order valence-corrected chi connectivity index (χ2v) is 5.08. The van der Waals surface area contributed by atoms with E-state index in [1.165, 1.54) is 0 Å². The average Bonchev–Trinajstić information content (AvgIpc) is 2.53. The monoisotopic (exact) mass is 293 g/mol. The molecule has 21 heavy (non-hydrogen) atoms. The van der Waals surface area contributed by atoms with Crippen molar-refractivity contribution in [3.8, 4) is 5.88 Å². The molecular formula is C15H23N3O3. The van der Waals surface area contributed by atoms with Crippen LogP contribution in [-0.4, -0.2) is 42.2 Å². The van der Waals surface area contributed by atoms with Crippen molar-refractivity contribution in [2.75, 3.05) is 31.2 Å². The molecule has 1 atom stereocenters. The van der Waals surface area contributed by atoms with Crippen LogP contribution in [0.2, 0.25) is 0 Å². The lowest BCUT2D eigenvalue weighted by Crippen LogP contribution is -2.40. The number of ether oxygens (including phenoxy) is 2. The smallest absolute Gasteiger partial charge is 0.310 e. The van der Waals surface area contributed by atoms with Crippen LogP contribution < -0.4 is 9.64 Å². The number of rotatable bonds is 6. The van der Waals surface area contributed by atoms with Gasteiger partial charge in [-0.3, -0.25) is 4.79 Å². The van der Waals surface area contributed by atoms with Gasteiger partial charge in [0.05, 0.1) is 19.1 Å². The van der Waals surface area contributed by atoms with Crippen molar-refractivity contribution in [1.82, 2.24) is 9.97 Å². The number of carbonyl (C=O) groups excluding carboxylic acids is 1. The van der Waals surface area contributed by atoms with Crippen molar-refractivity contribution in [1.29, 1.82) is 0 Å². The Hall–Kier alpha value is -1.85. The summed E-state index contributed by atoms with van der Waals surface area (Å²) in [5.74, 6) is 0.987. The molecule has 116 valence electrons. The molecule has 0 bridgehead atoms. The first kappa shape index (κ1) is 15.5. The van der Waals surface area contributed by atoms with Gasteiger partial charge < -0.3 is 14.4 Å². The van der Waals surface area contributed by atoms with E-state index in [1.54, 1.807) is 12.3 Å². The van der Waals surface area contributed by atoms with Crippen LogP contribution in [0.15, 0.2) is 12.3 Å². The maximum absolute atomic E-state index is 11.9. The molecule has 1 aromatic rings. The molecule has 0 radical (unpaired) electrons. The summed E-state index contributed by atoms with van der Waals surface area (Å²) in [6, 6.07) is 1.76. The lowest BCUT2D eigenvalue weighted by molar-refractivity contribution is -0.148. The first-order chi connectivity index (χ1) is 10.2. The Balaban J connectivity index is 2.01. The van der Waals surface area contributed by atoms with Crippen LogP contribution in [0, 0.1) is 5.92 Å². The number of piperidine rings is 1. The Morgan fingerprint density at radius 3 is 3.10 bits per heavy atom. The van der Waals surface area contributed by atoms with Gasteiger partial charge in [0.1, 0.15) is 0 Å². The third-order valence-corrected chi connectivity index (χ3v) is 3.40. The first-order valence-corrected chi connectivity index (χ1v) is 7.62. The Morgan fingerprint density at radius 2 is 2.33 bits per heavy atom. The predicted octanol–water partition coefficient (Wildman–Crippen LogP) is 2.04. The highest BCUT2D eigenvalue weighted by molar-refractivity contribution is 5.73. The number of nitrogens with zero attached hydrogens (tertiary/aromatic N) is 3. The number of carbonyl (C=O) groups is 1. The number of hydrogen-bond acceptors (Lipinski definition) is 6. The molecular weight excluding hydrogens is 270 g/mol. The topological polar surface area (TPSA) is 64.5 Å². The van der Waals surface area contributed by atoms with E-state index in [9.17, 15) is 4.79 Å². The van der Waals surface area contributed by atoms with Gasteiger partial charge in [0.25, 0.3) is 0 Å². The minimum Gasteiger partial charge on any atom is -0.478 e. The van der Waals surface area contributed by atoms with E-state index in [2.05, 4.69) is 16.9 Å². The molecule has 1 aromatic heterocycles. The van der Waals surface area contributed by atoms with E-state index in [4.69, 9.17) is 9.47 Å². The Kier molecular flexibility index (Phi) is 5.78. The second kappa shape index (κ2) is 7.81. The van der Waals surface area contributed by atoms with Crippen molar-refractivity contribution in [3.63, 3.8) is 0 Å². The van der Waals surface area contributed by atoms with Crippen LogP contribution in [0.25, 0.3) is 0 Å². The molecule has 0 aliphatic carbocycles. The van der Waals surface area contributed by atoms with Gasteiger partial charge in [0.15, 0.2) is 0 Å². The van der Waals surface area contributed by atoms with Gasteiger partial charge in [-0.2, -0.15) is 4.98 Å². The summed E-state index contributed by atoms with van der Waals surface area (Å²) >= 11 is 0. The SMILES string of the molecule is CCCOc1ccnc(N2CCCC(C(=O)OCC)C2)n1. The molecule has 0 aromatic carbocycles. The lowest BCUT2D eigenvalue weighted by Gasteiger charge is -2.31. The summed E-state index contributed by atoms with van der Waals surface area (Å²) in [5.41, 5.74) is 0. The maximum atomic E-state index is 11.9. The maximum Gasteiger partial charge on any atom is 0.310 e. The highest BCUT2D eigenvalue weighted by Crippen LogP contribution is 2.22. The van der Waals surface area contributed by atoms with Crippen LogP contribution in [-0.2, 0) is 9.53 Å². The quantitative estimate of drug-likeness (QED) is 0.748. The van der Waals surface area contributed by atoms with Gasteiger partial charge in [-0.25, -0.2) is 4.98 Å². The minimum atomic E-state index is -0.124. The minimum absolute atomic E-state index is 0.0949. The van der Waals surface area contributed by atoms with Gasteiger partial charge in [-0.1, -0.05) is 6.92 Å². The molecule has 0 amide bonds. The molecule has 2 rings (SSSR count). The molecule has 2 heterocycles. The van der Waals surface area contributed by atoms with Gasteiger partial charge in [0, 0.05) is 25.4 Å². The number of esters is 1. The largest absolute Gasteiger partial charge is 0.478 e. The molecule has 6 nitrogen and oxygen atoms in total. The summed E-state index contributed by atoms with van der Waals surface area (Å²) in [6.45, 7) is 6.41. The summed E-state index contributed by atoms with van der Waals surface area (Å²) in [7, 11) is 0. The Morgan fingerprint density at radius 1 is 1.48 bits per heavy atom. The van der Waals surface area contributed by atoms with Crippen LogP contribution in [0.1, 0.15) is 33.1 Å². The zero-order chi connectivity index (χ0) is 15.1. The molecule has 1 aliphatic rings. The van der Waals surface area contributed by atoms with Crippen molar-refractivity contribution < 1.29 is 14.3 Å². The summed E-state index contributed by atoms with van der Waals surface area (Å²) < 4.78 is 10.6. The number of aromatic nitrogens is 2. The summed E-state index contributed by atoms with van der Waals surface area (Å²) in [6.07, 6.45) is 4.43. The Bertz CT molecular complexity index is 467. The molecule has 1 unspecified atom stereocenters. The highest BCUT2D eigenvalue weighted by atomic mass is 16.5. The van der Waals surface area contributed by atoms with Gasteiger partial charge >= 0.3 is 5.97 Å². The fourth-order valence-electron chi connectivity index (χ4n) is 2.38. The van der Waals surface area contributed by atoms with E-state index < -0.39 is 0 Å². The molecule has 0 spiro atoms. The van der Waals surface area contributed by atoms with E-state index in [0.29, 0.717) is 31.6 Å². The summed E-state index contributed by atoms with van der Waals surface area (Å²) in [4.78, 5) is 22.6. The van der Waals surface area contributed by atoms with Crippen LogP contribution in [0.4, 0.5) is 5.95 Å². The third kappa shape index (κ3) is 4.31. The van der Waals surface area contributed by atoms with E-state index in [1.807, 2.05) is 11.8 Å². The van der Waals surface area contributed by atoms with E-state index >= 15 is 0 Å². The number of anilines is 1. The molecule has 0 N–H and O–H groups in total. The predicted molar refractivity (Wildman–Crippen MR) is 79.4 cm³/mol. The second-order valence-electron chi connectivity index (χ2n) is 5.08. The molecule has 1 aliphatic heterocycles.